The molecule has 2 aromatic carbocycles. The topological polar surface area (TPSA) is 55.1 Å². The lowest BCUT2D eigenvalue weighted by Gasteiger charge is -2.03. The van der Waals surface area contributed by atoms with Crippen LogP contribution in [-0.4, -0.2) is 11.1 Å². The van der Waals surface area contributed by atoms with Gasteiger partial charge >= 0.3 is 0 Å². The molecular formula is C17H11ClF2N2O2. The van der Waals surface area contributed by atoms with E-state index in [1.165, 1.54) is 12.1 Å². The Labute approximate surface area is 141 Å². The van der Waals surface area contributed by atoms with Crippen molar-refractivity contribution >= 4 is 23.2 Å². The summed E-state index contributed by atoms with van der Waals surface area (Å²) >= 11 is 5.77. The van der Waals surface area contributed by atoms with Gasteiger partial charge in [0.25, 0.3) is 0 Å². The largest absolute Gasteiger partial charge is 0.356 e. The van der Waals surface area contributed by atoms with Crippen LogP contribution in [-0.2, 0) is 11.2 Å². The molecule has 1 amide bonds. The molecule has 1 heterocycles. The van der Waals surface area contributed by atoms with Gasteiger partial charge in [-0.05, 0) is 36.4 Å². The van der Waals surface area contributed by atoms with Gasteiger partial charge in [-0.3, -0.25) is 4.79 Å². The standard InChI is InChI=1S/C17H11ClF2N2O2/c18-10-1-4-12(5-2-10)21-17(23)9-13-8-16(24-22-13)14-6-3-11(19)7-15(14)20/h1-8H,9H2,(H,21,23). The summed E-state index contributed by atoms with van der Waals surface area (Å²) in [5.74, 6) is -1.62. The van der Waals surface area contributed by atoms with Gasteiger partial charge in [0.05, 0.1) is 17.7 Å². The second-order valence-electron chi connectivity index (χ2n) is 5.04. The summed E-state index contributed by atoms with van der Waals surface area (Å²) in [6.07, 6.45) is -0.0467. The summed E-state index contributed by atoms with van der Waals surface area (Å²) in [5, 5.41) is 6.98. The van der Waals surface area contributed by atoms with Crippen LogP contribution in [0.1, 0.15) is 5.69 Å². The Hall–Kier alpha value is -2.73. The zero-order valence-corrected chi connectivity index (χ0v) is 13.0. The Morgan fingerprint density at radius 1 is 1.12 bits per heavy atom. The van der Waals surface area contributed by atoms with Crippen molar-refractivity contribution in [2.75, 3.05) is 5.32 Å². The van der Waals surface area contributed by atoms with Gasteiger partial charge in [0, 0.05) is 22.8 Å². The first-order valence-corrected chi connectivity index (χ1v) is 7.35. The Bertz CT molecular complexity index is 879. The third kappa shape index (κ3) is 3.78. The fourth-order valence-electron chi connectivity index (χ4n) is 2.11. The van der Waals surface area contributed by atoms with Crippen molar-refractivity contribution in [3.05, 3.63) is 70.9 Å². The number of nitrogens with zero attached hydrogens (tertiary/aromatic N) is 1. The van der Waals surface area contributed by atoms with Crippen LogP contribution in [0.2, 0.25) is 5.02 Å². The fourth-order valence-corrected chi connectivity index (χ4v) is 2.24. The number of rotatable bonds is 4. The first-order chi connectivity index (χ1) is 11.5. The van der Waals surface area contributed by atoms with Crippen LogP contribution in [0.5, 0.6) is 0 Å². The van der Waals surface area contributed by atoms with E-state index in [2.05, 4.69) is 10.5 Å². The van der Waals surface area contributed by atoms with E-state index in [1.54, 1.807) is 24.3 Å². The number of carbonyl (C=O) groups excluding carboxylic acids is 1. The summed E-state index contributed by atoms with van der Waals surface area (Å²) in [6.45, 7) is 0. The Balaban J connectivity index is 1.69. The van der Waals surface area contributed by atoms with Gasteiger partial charge in [0.1, 0.15) is 11.6 Å². The van der Waals surface area contributed by atoms with Crippen LogP contribution in [0.3, 0.4) is 0 Å². The van der Waals surface area contributed by atoms with Crippen LogP contribution >= 0.6 is 11.6 Å². The highest BCUT2D eigenvalue weighted by atomic mass is 35.5. The van der Waals surface area contributed by atoms with Crippen LogP contribution < -0.4 is 5.32 Å². The van der Waals surface area contributed by atoms with Gasteiger partial charge in [-0.15, -0.1) is 0 Å². The molecule has 1 N–H and O–H groups in total. The minimum Gasteiger partial charge on any atom is -0.356 e. The maximum atomic E-state index is 13.7. The Morgan fingerprint density at radius 2 is 1.88 bits per heavy atom. The predicted octanol–water partition coefficient (Wildman–Crippen LogP) is 4.45. The van der Waals surface area contributed by atoms with E-state index in [0.717, 1.165) is 12.1 Å². The SMILES string of the molecule is O=C(Cc1cc(-c2ccc(F)cc2F)on1)Nc1ccc(Cl)cc1. The van der Waals surface area contributed by atoms with Crippen molar-refractivity contribution in [1.82, 2.24) is 5.16 Å². The van der Waals surface area contributed by atoms with Crippen molar-refractivity contribution < 1.29 is 18.1 Å². The van der Waals surface area contributed by atoms with Crippen LogP contribution in [0.25, 0.3) is 11.3 Å². The fraction of sp³-hybridized carbons (Fsp3) is 0.0588. The minimum atomic E-state index is -0.761. The summed E-state index contributed by atoms with van der Waals surface area (Å²) in [7, 11) is 0. The predicted molar refractivity (Wildman–Crippen MR) is 85.6 cm³/mol. The smallest absolute Gasteiger partial charge is 0.230 e. The highest BCUT2D eigenvalue weighted by Crippen LogP contribution is 2.24. The van der Waals surface area contributed by atoms with Gasteiger partial charge in [-0.25, -0.2) is 8.78 Å². The van der Waals surface area contributed by atoms with Gasteiger partial charge in [-0.1, -0.05) is 16.8 Å². The lowest BCUT2D eigenvalue weighted by molar-refractivity contribution is -0.115. The average Bonchev–Trinajstić information content (AvgIpc) is 2.97. The molecular weight excluding hydrogens is 338 g/mol. The number of amides is 1. The lowest BCUT2D eigenvalue weighted by atomic mass is 10.1. The van der Waals surface area contributed by atoms with Crippen molar-refractivity contribution in [2.24, 2.45) is 0 Å². The van der Waals surface area contributed by atoms with Crippen LogP contribution in [0.15, 0.2) is 53.1 Å². The molecule has 1 aromatic heterocycles. The first-order valence-electron chi connectivity index (χ1n) is 6.98. The second kappa shape index (κ2) is 6.80. The number of hydrogen-bond acceptors (Lipinski definition) is 3. The van der Waals surface area contributed by atoms with E-state index in [9.17, 15) is 13.6 Å². The zero-order valence-electron chi connectivity index (χ0n) is 12.2. The molecule has 0 unspecified atom stereocenters. The molecule has 0 saturated carbocycles. The summed E-state index contributed by atoms with van der Waals surface area (Å²) < 4.78 is 31.7. The summed E-state index contributed by atoms with van der Waals surface area (Å²) in [4.78, 5) is 12.0. The monoisotopic (exact) mass is 348 g/mol. The number of benzene rings is 2. The quantitative estimate of drug-likeness (QED) is 0.757. The van der Waals surface area contributed by atoms with E-state index in [-0.39, 0.29) is 23.7 Å². The molecule has 7 heteroatoms. The zero-order chi connectivity index (χ0) is 17.1. The molecule has 0 radical (unpaired) electrons. The third-order valence-corrected chi connectivity index (χ3v) is 3.48. The van der Waals surface area contributed by atoms with Gasteiger partial charge in [0.2, 0.25) is 5.91 Å². The first kappa shape index (κ1) is 16.1. The van der Waals surface area contributed by atoms with E-state index in [4.69, 9.17) is 16.1 Å². The molecule has 0 aliphatic rings. The van der Waals surface area contributed by atoms with Gasteiger partial charge < -0.3 is 9.84 Å². The number of aromatic nitrogens is 1. The third-order valence-electron chi connectivity index (χ3n) is 3.23. The van der Waals surface area contributed by atoms with Crippen molar-refractivity contribution in [3.63, 3.8) is 0 Å². The maximum Gasteiger partial charge on any atom is 0.230 e. The number of hydrogen-bond donors (Lipinski definition) is 1. The molecule has 0 bridgehead atoms. The second-order valence-corrected chi connectivity index (χ2v) is 5.47. The average molecular weight is 349 g/mol. The Morgan fingerprint density at radius 3 is 2.58 bits per heavy atom. The molecule has 0 aliphatic heterocycles. The molecule has 0 atom stereocenters. The number of nitrogens with one attached hydrogen (secondary N) is 1. The lowest BCUT2D eigenvalue weighted by Crippen LogP contribution is -2.14. The van der Waals surface area contributed by atoms with E-state index < -0.39 is 11.6 Å². The molecule has 0 aliphatic carbocycles. The minimum absolute atomic E-state index is 0.0467. The van der Waals surface area contributed by atoms with E-state index in [0.29, 0.717) is 16.4 Å². The van der Waals surface area contributed by atoms with Crippen molar-refractivity contribution in [2.45, 2.75) is 6.42 Å². The molecule has 0 fully saturated rings. The summed E-state index contributed by atoms with van der Waals surface area (Å²) in [6, 6.07) is 11.2. The molecule has 3 aromatic rings. The maximum absolute atomic E-state index is 13.7. The number of halogens is 3. The van der Waals surface area contributed by atoms with Gasteiger partial charge in [0.15, 0.2) is 5.76 Å². The van der Waals surface area contributed by atoms with Gasteiger partial charge in [-0.2, -0.15) is 0 Å². The molecule has 0 spiro atoms. The normalized spacial score (nSPS) is 10.6. The molecule has 3 rings (SSSR count). The molecule has 0 saturated heterocycles. The van der Waals surface area contributed by atoms with E-state index >= 15 is 0 Å². The summed E-state index contributed by atoms with van der Waals surface area (Å²) in [5.41, 5.74) is 1.01. The highest BCUT2D eigenvalue weighted by Gasteiger charge is 2.14. The van der Waals surface area contributed by atoms with Crippen LogP contribution in [0, 0.1) is 11.6 Å². The highest BCUT2D eigenvalue weighted by molar-refractivity contribution is 6.30. The van der Waals surface area contributed by atoms with E-state index in [1.807, 2.05) is 0 Å². The Kier molecular flexibility index (Phi) is 4.57. The van der Waals surface area contributed by atoms with Crippen LogP contribution in [0.4, 0.5) is 14.5 Å². The molecule has 122 valence electrons. The number of anilines is 1. The van der Waals surface area contributed by atoms with Crippen molar-refractivity contribution in [1.29, 1.82) is 0 Å². The van der Waals surface area contributed by atoms with Crippen molar-refractivity contribution in [3.8, 4) is 11.3 Å². The molecule has 4 nitrogen and oxygen atoms in total. The molecule has 24 heavy (non-hydrogen) atoms. The number of carbonyl (C=O) groups is 1.